The van der Waals surface area contributed by atoms with Crippen LogP contribution in [0.15, 0.2) is 47.1 Å². The van der Waals surface area contributed by atoms with E-state index in [1.807, 2.05) is 38.4 Å². The molecule has 2 unspecified atom stereocenters. The van der Waals surface area contributed by atoms with Crippen molar-refractivity contribution in [2.45, 2.75) is 51.0 Å². The lowest BCUT2D eigenvalue weighted by Crippen LogP contribution is -2.25. The second kappa shape index (κ2) is 10.1. The van der Waals surface area contributed by atoms with Gasteiger partial charge >= 0.3 is 0 Å². The molecule has 8 rings (SSSR count). The Morgan fingerprint density at radius 2 is 2.00 bits per heavy atom. The van der Waals surface area contributed by atoms with Gasteiger partial charge in [0.05, 0.1) is 29.5 Å². The summed E-state index contributed by atoms with van der Waals surface area (Å²) < 4.78 is 58.9. The quantitative estimate of drug-likeness (QED) is 0.230. The number of aromatic amines is 1. The molecular formula is C34H32F4N6S. The van der Waals surface area contributed by atoms with Crippen molar-refractivity contribution < 1.29 is 17.6 Å². The van der Waals surface area contributed by atoms with Gasteiger partial charge in [-0.05, 0) is 56.5 Å². The fourth-order valence-corrected chi connectivity index (χ4v) is 8.15. The maximum Gasteiger partial charge on any atom is 0.261 e. The van der Waals surface area contributed by atoms with Crippen LogP contribution in [0.5, 0.6) is 0 Å². The fourth-order valence-electron chi connectivity index (χ4n) is 7.26. The molecule has 4 aromatic rings. The molecule has 0 spiro atoms. The van der Waals surface area contributed by atoms with Gasteiger partial charge in [-0.2, -0.15) is 4.39 Å². The molecule has 2 fully saturated rings. The molecule has 1 N–H and O–H groups in total. The maximum absolute atomic E-state index is 17.1. The summed E-state index contributed by atoms with van der Waals surface area (Å²) in [7, 11) is 1.95. The number of fused-ring (bicyclic) bond motifs is 3. The normalized spacial score (nSPS) is 23.6. The second-order valence-corrected chi connectivity index (χ2v) is 14.2. The number of aryl methyl sites for hydroxylation is 1. The van der Waals surface area contributed by atoms with E-state index in [1.54, 1.807) is 17.2 Å². The number of aromatic nitrogens is 3. The maximum atomic E-state index is 17.1. The van der Waals surface area contributed by atoms with Crippen molar-refractivity contribution in [3.63, 3.8) is 0 Å². The van der Waals surface area contributed by atoms with E-state index in [-0.39, 0.29) is 29.7 Å². The average Bonchev–Trinajstić information content (AvgIpc) is 3.26. The van der Waals surface area contributed by atoms with Crippen molar-refractivity contribution >= 4 is 34.6 Å². The molecule has 2 atom stereocenters. The topological polar surface area (TPSA) is 60.4 Å². The summed E-state index contributed by atoms with van der Waals surface area (Å²) >= 11 is 1.11. The molecule has 0 radical (unpaired) electrons. The number of H-pyrrole nitrogens is 1. The van der Waals surface area contributed by atoms with Gasteiger partial charge in [-0.1, -0.05) is 17.2 Å². The van der Waals surface area contributed by atoms with Crippen molar-refractivity contribution in [1.82, 2.24) is 19.9 Å². The molecule has 1 saturated carbocycles. The van der Waals surface area contributed by atoms with Gasteiger partial charge in [-0.3, -0.25) is 9.88 Å². The van der Waals surface area contributed by atoms with Gasteiger partial charge in [-0.25, -0.2) is 23.1 Å². The van der Waals surface area contributed by atoms with Crippen molar-refractivity contribution in [2.75, 3.05) is 31.6 Å². The number of thiophene rings is 1. The van der Waals surface area contributed by atoms with E-state index in [1.165, 1.54) is 6.07 Å². The molecule has 45 heavy (non-hydrogen) atoms. The Balaban J connectivity index is 1.23. The highest BCUT2D eigenvalue weighted by atomic mass is 32.1. The minimum absolute atomic E-state index is 0.149. The predicted octanol–water partition coefficient (Wildman–Crippen LogP) is 7.64. The molecule has 11 heteroatoms. The van der Waals surface area contributed by atoms with Crippen molar-refractivity contribution in [3.8, 4) is 11.3 Å². The van der Waals surface area contributed by atoms with Crippen LogP contribution < -0.4 is 4.90 Å². The lowest BCUT2D eigenvalue weighted by molar-refractivity contribution is 0.0115. The third kappa shape index (κ3) is 4.82. The van der Waals surface area contributed by atoms with Crippen LogP contribution in [0.1, 0.15) is 59.3 Å². The Labute approximate surface area is 262 Å². The predicted molar refractivity (Wildman–Crippen MR) is 169 cm³/mol. The van der Waals surface area contributed by atoms with E-state index in [9.17, 15) is 13.2 Å². The first-order valence-corrected chi connectivity index (χ1v) is 16.0. The number of imidazole rings is 1. The van der Waals surface area contributed by atoms with Gasteiger partial charge in [0.2, 0.25) is 0 Å². The number of anilines is 1. The Morgan fingerprint density at radius 1 is 1.16 bits per heavy atom. The van der Waals surface area contributed by atoms with Crippen LogP contribution in [0.3, 0.4) is 0 Å². The van der Waals surface area contributed by atoms with Gasteiger partial charge < -0.3 is 9.88 Å². The molecule has 1 saturated heterocycles. The van der Waals surface area contributed by atoms with Crippen LogP contribution in [-0.4, -0.2) is 58.7 Å². The van der Waals surface area contributed by atoms with Gasteiger partial charge in [0, 0.05) is 66.8 Å². The van der Waals surface area contributed by atoms with E-state index in [2.05, 4.69) is 26.8 Å². The Hall–Kier alpha value is -3.83. The van der Waals surface area contributed by atoms with E-state index in [0.717, 1.165) is 57.1 Å². The summed E-state index contributed by atoms with van der Waals surface area (Å²) in [5.41, 5.74) is 5.80. The summed E-state index contributed by atoms with van der Waals surface area (Å²) in [5, 5.41) is -0.249. The fraction of sp³-hybridized carbons (Fsp3) is 0.382. The Kier molecular flexibility index (Phi) is 6.42. The minimum Gasteiger partial charge on any atom is -0.372 e. The first-order valence-electron chi connectivity index (χ1n) is 15.2. The zero-order valence-corrected chi connectivity index (χ0v) is 26.0. The summed E-state index contributed by atoms with van der Waals surface area (Å²) in [6, 6.07) is 8.99. The van der Waals surface area contributed by atoms with Gasteiger partial charge in [0.1, 0.15) is 11.5 Å². The number of halogens is 4. The third-order valence-corrected chi connectivity index (χ3v) is 10.8. The highest BCUT2D eigenvalue weighted by molar-refractivity contribution is 7.10. The number of nitrogens with zero attached hydrogens (tertiary/aromatic N) is 5. The molecule has 3 aliphatic heterocycles. The minimum atomic E-state index is -2.68. The van der Waals surface area contributed by atoms with E-state index >= 15 is 4.39 Å². The molecule has 4 aliphatic rings. The highest BCUT2D eigenvalue weighted by Crippen LogP contribution is 2.53. The van der Waals surface area contributed by atoms with Crippen molar-refractivity contribution in [3.05, 3.63) is 86.1 Å². The van der Waals surface area contributed by atoms with Crippen molar-refractivity contribution in [1.29, 1.82) is 0 Å². The monoisotopic (exact) mass is 632 g/mol. The van der Waals surface area contributed by atoms with Crippen LogP contribution >= 0.6 is 11.3 Å². The molecule has 232 valence electrons. The average molecular weight is 633 g/mol. The third-order valence-electron chi connectivity index (χ3n) is 9.64. The van der Waals surface area contributed by atoms with E-state index < -0.39 is 17.2 Å². The van der Waals surface area contributed by atoms with E-state index in [0.29, 0.717) is 48.0 Å². The van der Waals surface area contributed by atoms with Crippen LogP contribution in [-0.2, 0) is 12.0 Å². The lowest BCUT2D eigenvalue weighted by atomic mass is 9.81. The molecular weight excluding hydrogens is 600 g/mol. The first kappa shape index (κ1) is 28.6. The number of likely N-dealkylation sites (tertiary alicyclic amines) is 1. The Bertz CT molecular complexity index is 1930. The molecule has 0 bridgehead atoms. The van der Waals surface area contributed by atoms with Gasteiger partial charge in [0.25, 0.3) is 5.92 Å². The standard InChI is InChI=1S/C34H32F4N6S/c1-18-10-19(15-44-9-7-34(37,38)17-44)12-20(11-18)29-28(36)27-23(14-40-29)43(3)16-21-13-22(21)26(27)31-41-30-32(42-31)39-8-6-33(30,2)24-4-5-25(35)45-24/h4-5,8,10-12,14,21H,6-7,9,13,15-17H2,1-3H3,(H,41,42). The van der Waals surface area contributed by atoms with E-state index in [4.69, 9.17) is 4.98 Å². The van der Waals surface area contributed by atoms with Gasteiger partial charge in [-0.15, -0.1) is 11.3 Å². The number of rotatable bonds is 5. The number of alkyl halides is 2. The van der Waals surface area contributed by atoms with Crippen LogP contribution in [0.4, 0.5) is 29.1 Å². The van der Waals surface area contributed by atoms with Crippen LogP contribution in [0.25, 0.3) is 16.8 Å². The number of benzene rings is 1. The second-order valence-electron chi connectivity index (χ2n) is 13.1. The number of hydrogen-bond acceptors (Lipinski definition) is 6. The number of aliphatic imine (C=N–C) groups is 1. The molecule has 6 nitrogen and oxygen atoms in total. The van der Waals surface area contributed by atoms with Crippen LogP contribution in [0.2, 0.25) is 0 Å². The van der Waals surface area contributed by atoms with Crippen LogP contribution in [0, 0.1) is 23.8 Å². The molecule has 0 amide bonds. The molecule has 1 aromatic carbocycles. The SMILES string of the molecule is Cc1cc(CN2CCC(F)(F)C2)cc(-c2ncc3c(c2F)C(c2nc4c([nH]2)C(C)(c2ccc(F)s2)CC=N4)=C2CC2CN3C)c1. The number of hydrogen-bond donors (Lipinski definition) is 1. The zero-order valence-electron chi connectivity index (χ0n) is 25.2. The first-order chi connectivity index (χ1) is 21.5. The number of nitrogens with one attached hydrogen (secondary N) is 1. The molecule has 6 heterocycles. The highest BCUT2D eigenvalue weighted by Gasteiger charge is 2.43. The largest absolute Gasteiger partial charge is 0.372 e. The lowest BCUT2D eigenvalue weighted by Gasteiger charge is -2.28. The summed E-state index contributed by atoms with van der Waals surface area (Å²) in [6.07, 6.45) is 4.82. The number of pyridine rings is 1. The zero-order chi connectivity index (χ0) is 31.2. The molecule has 3 aromatic heterocycles. The summed E-state index contributed by atoms with van der Waals surface area (Å²) in [6.45, 7) is 5.13. The summed E-state index contributed by atoms with van der Waals surface area (Å²) in [5.74, 6) is -1.77. The summed E-state index contributed by atoms with van der Waals surface area (Å²) in [4.78, 5) is 22.3. The molecule has 1 aliphatic carbocycles. The Morgan fingerprint density at radius 3 is 2.76 bits per heavy atom. The van der Waals surface area contributed by atoms with Gasteiger partial charge in [0.15, 0.2) is 16.8 Å². The smallest absolute Gasteiger partial charge is 0.261 e. The van der Waals surface area contributed by atoms with Crippen molar-refractivity contribution in [2.24, 2.45) is 10.9 Å².